The summed E-state index contributed by atoms with van der Waals surface area (Å²) in [6.07, 6.45) is -4.04. The van der Waals surface area contributed by atoms with Crippen molar-refractivity contribution in [2.45, 2.75) is 12.6 Å². The van der Waals surface area contributed by atoms with Crippen LogP contribution >= 0.6 is 0 Å². The fourth-order valence-electron chi connectivity index (χ4n) is 2.80. The lowest BCUT2D eigenvalue weighted by atomic mass is 9.96. The average Bonchev–Trinajstić information content (AvgIpc) is 2.65. The van der Waals surface area contributed by atoms with Crippen LogP contribution in [0.5, 0.6) is 5.75 Å². The smallest absolute Gasteiger partial charge is 0.405 e. The van der Waals surface area contributed by atoms with E-state index in [4.69, 9.17) is 4.74 Å². The molecule has 0 unspecified atom stereocenters. The van der Waals surface area contributed by atoms with E-state index in [1.54, 1.807) is 11.4 Å². The zero-order chi connectivity index (χ0) is 19.4. The number of para-hydroxylation sites is 2. The van der Waals surface area contributed by atoms with Crippen LogP contribution in [-0.4, -0.2) is 31.1 Å². The van der Waals surface area contributed by atoms with E-state index in [0.717, 1.165) is 11.3 Å². The molecule has 142 valence electrons. The van der Waals surface area contributed by atoms with E-state index in [-0.39, 0.29) is 23.8 Å². The Hall–Kier alpha value is -3.03. The SMILES string of the molecule is O=C(NCC(F)(F)F)c1ccccc1NC(=O)[C@@H]1COc2ccccc2C1. The highest BCUT2D eigenvalue weighted by atomic mass is 19.4. The number of fused-ring (bicyclic) bond motifs is 1. The lowest BCUT2D eigenvalue weighted by Crippen LogP contribution is -2.35. The molecule has 2 aromatic rings. The Morgan fingerprint density at radius 3 is 2.56 bits per heavy atom. The number of rotatable bonds is 4. The monoisotopic (exact) mass is 378 g/mol. The van der Waals surface area contributed by atoms with Crippen molar-refractivity contribution in [2.75, 3.05) is 18.5 Å². The van der Waals surface area contributed by atoms with Gasteiger partial charge in [0.15, 0.2) is 0 Å². The van der Waals surface area contributed by atoms with Gasteiger partial charge < -0.3 is 15.4 Å². The molecule has 5 nitrogen and oxygen atoms in total. The Bertz CT molecular complexity index is 852. The number of carbonyl (C=O) groups is 2. The van der Waals surface area contributed by atoms with Crippen LogP contribution in [0.25, 0.3) is 0 Å². The molecule has 2 N–H and O–H groups in total. The highest BCUT2D eigenvalue weighted by molar-refractivity contribution is 6.04. The van der Waals surface area contributed by atoms with Gasteiger partial charge in [-0.05, 0) is 30.2 Å². The number of halogens is 3. The minimum absolute atomic E-state index is 0.0350. The number of hydrogen-bond acceptors (Lipinski definition) is 3. The summed E-state index contributed by atoms with van der Waals surface area (Å²) in [6, 6.07) is 13.3. The van der Waals surface area contributed by atoms with Gasteiger partial charge in [-0.2, -0.15) is 13.2 Å². The van der Waals surface area contributed by atoms with E-state index in [9.17, 15) is 22.8 Å². The van der Waals surface area contributed by atoms with Crippen molar-refractivity contribution in [1.82, 2.24) is 5.32 Å². The summed E-state index contributed by atoms with van der Waals surface area (Å²) in [5.41, 5.74) is 1.02. The Balaban J connectivity index is 1.69. The summed E-state index contributed by atoms with van der Waals surface area (Å²) in [6.45, 7) is -1.26. The number of nitrogens with one attached hydrogen (secondary N) is 2. The van der Waals surface area contributed by atoms with Crippen molar-refractivity contribution < 1.29 is 27.5 Å². The van der Waals surface area contributed by atoms with Gasteiger partial charge in [0.2, 0.25) is 5.91 Å². The van der Waals surface area contributed by atoms with Crippen molar-refractivity contribution in [3.63, 3.8) is 0 Å². The van der Waals surface area contributed by atoms with Crippen LogP contribution in [0.2, 0.25) is 0 Å². The van der Waals surface area contributed by atoms with Crippen LogP contribution in [0.15, 0.2) is 48.5 Å². The Labute approximate surface area is 153 Å². The van der Waals surface area contributed by atoms with Crippen LogP contribution in [0.1, 0.15) is 15.9 Å². The molecule has 2 aromatic carbocycles. The molecule has 0 aromatic heterocycles. The van der Waals surface area contributed by atoms with Crippen LogP contribution in [0.4, 0.5) is 18.9 Å². The summed E-state index contributed by atoms with van der Waals surface area (Å²) in [5, 5.41) is 4.43. The van der Waals surface area contributed by atoms with E-state index in [1.807, 2.05) is 24.3 Å². The largest absolute Gasteiger partial charge is 0.492 e. The highest BCUT2D eigenvalue weighted by Crippen LogP contribution is 2.28. The molecule has 0 fully saturated rings. The van der Waals surface area contributed by atoms with E-state index in [2.05, 4.69) is 5.32 Å². The van der Waals surface area contributed by atoms with Gasteiger partial charge in [-0.1, -0.05) is 30.3 Å². The standard InChI is InChI=1S/C19H17F3N2O3/c20-19(21,22)11-23-18(26)14-6-2-3-7-15(14)24-17(25)13-9-12-5-1-4-8-16(12)27-10-13/h1-8,13H,9-11H2,(H,23,26)(H,24,25)/t13-/m0/s1. The van der Waals surface area contributed by atoms with Gasteiger partial charge in [0.1, 0.15) is 18.9 Å². The minimum atomic E-state index is -4.51. The topological polar surface area (TPSA) is 67.4 Å². The minimum Gasteiger partial charge on any atom is -0.492 e. The van der Waals surface area contributed by atoms with Crippen molar-refractivity contribution in [2.24, 2.45) is 5.92 Å². The second kappa shape index (κ2) is 7.69. The van der Waals surface area contributed by atoms with Crippen molar-refractivity contribution in [3.05, 3.63) is 59.7 Å². The number of benzene rings is 2. The first-order chi connectivity index (χ1) is 12.8. The van der Waals surface area contributed by atoms with Crippen molar-refractivity contribution in [3.8, 4) is 5.75 Å². The molecule has 0 bridgehead atoms. The maximum atomic E-state index is 12.6. The quantitative estimate of drug-likeness (QED) is 0.859. The van der Waals surface area contributed by atoms with Crippen molar-refractivity contribution >= 4 is 17.5 Å². The van der Waals surface area contributed by atoms with E-state index in [0.29, 0.717) is 6.42 Å². The van der Waals surface area contributed by atoms with Gasteiger partial charge in [-0.25, -0.2) is 0 Å². The normalized spacial score (nSPS) is 16.0. The molecule has 1 aliphatic rings. The number of ether oxygens (including phenoxy) is 1. The predicted octanol–water partition coefficient (Wildman–Crippen LogP) is 3.17. The van der Waals surface area contributed by atoms with Gasteiger partial charge >= 0.3 is 6.18 Å². The molecule has 0 saturated carbocycles. The highest BCUT2D eigenvalue weighted by Gasteiger charge is 2.29. The second-order valence-electron chi connectivity index (χ2n) is 6.15. The van der Waals surface area contributed by atoms with Crippen LogP contribution < -0.4 is 15.4 Å². The maximum absolute atomic E-state index is 12.6. The number of hydrogen-bond donors (Lipinski definition) is 2. The van der Waals surface area contributed by atoms with Gasteiger partial charge in [-0.15, -0.1) is 0 Å². The summed E-state index contributed by atoms with van der Waals surface area (Å²) in [4.78, 5) is 24.6. The summed E-state index contributed by atoms with van der Waals surface area (Å²) < 4.78 is 42.5. The van der Waals surface area contributed by atoms with Gasteiger partial charge in [-0.3, -0.25) is 9.59 Å². The Morgan fingerprint density at radius 2 is 1.78 bits per heavy atom. The number of amides is 2. The first-order valence-electron chi connectivity index (χ1n) is 8.29. The zero-order valence-corrected chi connectivity index (χ0v) is 14.2. The first kappa shape index (κ1) is 18.8. The fraction of sp³-hybridized carbons (Fsp3) is 0.263. The molecule has 0 radical (unpaired) electrons. The zero-order valence-electron chi connectivity index (χ0n) is 14.2. The third kappa shape index (κ3) is 4.78. The van der Waals surface area contributed by atoms with Crippen molar-refractivity contribution in [1.29, 1.82) is 0 Å². The van der Waals surface area contributed by atoms with Gasteiger partial charge in [0.05, 0.1) is 17.2 Å². The average molecular weight is 378 g/mol. The molecule has 1 heterocycles. The predicted molar refractivity (Wildman–Crippen MR) is 92.6 cm³/mol. The number of carbonyl (C=O) groups excluding carboxylic acids is 2. The molecular formula is C19H17F3N2O3. The molecule has 0 spiro atoms. The third-order valence-electron chi connectivity index (χ3n) is 4.13. The molecular weight excluding hydrogens is 361 g/mol. The Kier molecular flexibility index (Phi) is 5.34. The van der Waals surface area contributed by atoms with Crippen LogP contribution in [-0.2, 0) is 11.2 Å². The molecule has 0 aliphatic carbocycles. The molecule has 2 amide bonds. The van der Waals surface area contributed by atoms with E-state index >= 15 is 0 Å². The molecule has 1 aliphatic heterocycles. The van der Waals surface area contributed by atoms with E-state index < -0.39 is 24.5 Å². The van der Waals surface area contributed by atoms with Gasteiger partial charge in [0, 0.05) is 0 Å². The Morgan fingerprint density at radius 1 is 1.07 bits per heavy atom. The van der Waals surface area contributed by atoms with Gasteiger partial charge in [0.25, 0.3) is 5.91 Å². The van der Waals surface area contributed by atoms with Crippen LogP contribution in [0.3, 0.4) is 0 Å². The molecule has 27 heavy (non-hydrogen) atoms. The third-order valence-corrected chi connectivity index (χ3v) is 4.13. The number of alkyl halides is 3. The lowest BCUT2D eigenvalue weighted by molar-refractivity contribution is -0.123. The molecule has 8 heteroatoms. The maximum Gasteiger partial charge on any atom is 0.405 e. The summed E-state index contributed by atoms with van der Waals surface area (Å²) in [7, 11) is 0. The summed E-state index contributed by atoms with van der Waals surface area (Å²) >= 11 is 0. The lowest BCUT2D eigenvalue weighted by Gasteiger charge is -2.24. The molecule has 0 saturated heterocycles. The summed E-state index contributed by atoms with van der Waals surface area (Å²) in [5.74, 6) is -1.01. The van der Waals surface area contributed by atoms with Crippen LogP contribution in [0, 0.1) is 5.92 Å². The first-order valence-corrected chi connectivity index (χ1v) is 8.29. The molecule has 1 atom stereocenters. The molecule has 3 rings (SSSR count). The fourth-order valence-corrected chi connectivity index (χ4v) is 2.80. The number of anilines is 1. The second-order valence-corrected chi connectivity index (χ2v) is 6.15. The van der Waals surface area contributed by atoms with E-state index in [1.165, 1.54) is 18.2 Å².